The first-order valence-electron chi connectivity index (χ1n) is 5.67. The summed E-state index contributed by atoms with van der Waals surface area (Å²) in [6, 6.07) is 1.69. The van der Waals surface area contributed by atoms with Crippen LogP contribution in [0.15, 0.2) is 12.3 Å². The number of nitrogens with zero attached hydrogens (tertiary/aromatic N) is 3. The van der Waals surface area contributed by atoms with Crippen molar-refractivity contribution in [2.75, 3.05) is 30.8 Å². The number of aromatic nitrogens is 2. The van der Waals surface area contributed by atoms with E-state index in [1.165, 1.54) is 12.8 Å². The van der Waals surface area contributed by atoms with E-state index in [4.69, 9.17) is 10.5 Å². The molecule has 0 amide bonds. The van der Waals surface area contributed by atoms with E-state index in [1.807, 2.05) is 11.9 Å². The Hall–Kier alpha value is -1.36. The van der Waals surface area contributed by atoms with Gasteiger partial charge < -0.3 is 15.4 Å². The SMILES string of the molecule is CN(CC1CCCCO1)c1nccc(N)n1. The van der Waals surface area contributed by atoms with Gasteiger partial charge in [-0.1, -0.05) is 0 Å². The van der Waals surface area contributed by atoms with Crippen molar-refractivity contribution in [3.8, 4) is 0 Å². The lowest BCUT2D eigenvalue weighted by atomic mass is 10.1. The van der Waals surface area contributed by atoms with Crippen LogP contribution in [0.25, 0.3) is 0 Å². The van der Waals surface area contributed by atoms with Crippen LogP contribution >= 0.6 is 0 Å². The van der Waals surface area contributed by atoms with Crippen LogP contribution in [0.2, 0.25) is 0 Å². The van der Waals surface area contributed by atoms with Gasteiger partial charge >= 0.3 is 0 Å². The molecule has 88 valence electrons. The maximum absolute atomic E-state index is 5.67. The third-order valence-electron chi connectivity index (χ3n) is 2.76. The highest BCUT2D eigenvalue weighted by Crippen LogP contribution is 2.15. The lowest BCUT2D eigenvalue weighted by Gasteiger charge is -2.27. The van der Waals surface area contributed by atoms with Gasteiger partial charge in [-0.3, -0.25) is 0 Å². The van der Waals surface area contributed by atoms with Crippen LogP contribution in [0, 0.1) is 0 Å². The van der Waals surface area contributed by atoms with Gasteiger partial charge in [-0.25, -0.2) is 4.98 Å². The first kappa shape index (κ1) is 11.1. The number of anilines is 2. The van der Waals surface area contributed by atoms with Gasteiger partial charge in [0.25, 0.3) is 0 Å². The monoisotopic (exact) mass is 222 g/mol. The molecular formula is C11H18N4O. The molecule has 1 aromatic rings. The summed E-state index contributed by atoms with van der Waals surface area (Å²) in [4.78, 5) is 10.4. The van der Waals surface area contributed by atoms with Crippen molar-refractivity contribution in [2.45, 2.75) is 25.4 Å². The van der Waals surface area contributed by atoms with E-state index in [9.17, 15) is 0 Å². The topological polar surface area (TPSA) is 64.3 Å². The molecule has 1 fully saturated rings. The van der Waals surface area contributed by atoms with E-state index in [-0.39, 0.29) is 0 Å². The van der Waals surface area contributed by atoms with Crippen molar-refractivity contribution in [3.63, 3.8) is 0 Å². The Balaban J connectivity index is 1.94. The summed E-state index contributed by atoms with van der Waals surface area (Å²) in [5.41, 5.74) is 5.62. The summed E-state index contributed by atoms with van der Waals surface area (Å²) in [6.07, 6.45) is 5.51. The normalized spacial score (nSPS) is 20.7. The minimum atomic E-state index is 0.295. The molecule has 2 rings (SSSR count). The van der Waals surface area contributed by atoms with Crippen molar-refractivity contribution < 1.29 is 4.74 Å². The van der Waals surface area contributed by atoms with Crippen molar-refractivity contribution in [1.29, 1.82) is 0 Å². The van der Waals surface area contributed by atoms with Crippen molar-refractivity contribution in [2.24, 2.45) is 0 Å². The Bertz CT molecular complexity index is 339. The van der Waals surface area contributed by atoms with Crippen LogP contribution in [-0.2, 0) is 4.74 Å². The molecule has 16 heavy (non-hydrogen) atoms. The van der Waals surface area contributed by atoms with Crippen molar-refractivity contribution >= 4 is 11.8 Å². The smallest absolute Gasteiger partial charge is 0.227 e. The molecule has 0 aromatic carbocycles. The first-order valence-corrected chi connectivity index (χ1v) is 5.67. The second-order valence-corrected chi connectivity index (χ2v) is 4.15. The summed E-state index contributed by atoms with van der Waals surface area (Å²) in [7, 11) is 1.97. The Morgan fingerprint density at radius 3 is 3.12 bits per heavy atom. The zero-order valence-corrected chi connectivity index (χ0v) is 9.59. The lowest BCUT2D eigenvalue weighted by Crippen LogP contribution is -2.34. The van der Waals surface area contributed by atoms with Gasteiger partial charge in [-0.2, -0.15) is 4.98 Å². The standard InChI is InChI=1S/C11H18N4O/c1-15(8-9-4-2-3-7-16-9)11-13-6-5-10(12)14-11/h5-6,9H,2-4,7-8H2,1H3,(H2,12,13,14). The fraction of sp³-hybridized carbons (Fsp3) is 0.636. The number of ether oxygens (including phenoxy) is 1. The van der Waals surface area contributed by atoms with Gasteiger partial charge in [-0.05, 0) is 25.3 Å². The highest BCUT2D eigenvalue weighted by atomic mass is 16.5. The average molecular weight is 222 g/mol. The molecule has 1 atom stereocenters. The van der Waals surface area contributed by atoms with Crippen LogP contribution in [0.5, 0.6) is 0 Å². The molecule has 2 N–H and O–H groups in total. The Morgan fingerprint density at radius 1 is 1.56 bits per heavy atom. The minimum absolute atomic E-state index is 0.295. The molecule has 1 aliphatic rings. The van der Waals surface area contributed by atoms with E-state index in [0.717, 1.165) is 19.6 Å². The average Bonchev–Trinajstić information content (AvgIpc) is 2.30. The summed E-state index contributed by atoms with van der Waals surface area (Å²) in [5.74, 6) is 1.16. The molecule has 0 radical (unpaired) electrons. The number of likely N-dealkylation sites (N-methyl/N-ethyl adjacent to an activating group) is 1. The van der Waals surface area contributed by atoms with Gasteiger partial charge in [0.2, 0.25) is 5.95 Å². The van der Waals surface area contributed by atoms with Crippen molar-refractivity contribution in [1.82, 2.24) is 9.97 Å². The second-order valence-electron chi connectivity index (χ2n) is 4.15. The van der Waals surface area contributed by atoms with Crippen LogP contribution in [0.1, 0.15) is 19.3 Å². The molecule has 1 unspecified atom stereocenters. The van der Waals surface area contributed by atoms with E-state index in [2.05, 4.69) is 9.97 Å². The number of hydrogen-bond acceptors (Lipinski definition) is 5. The Morgan fingerprint density at radius 2 is 2.44 bits per heavy atom. The zero-order chi connectivity index (χ0) is 11.4. The third-order valence-corrected chi connectivity index (χ3v) is 2.76. The minimum Gasteiger partial charge on any atom is -0.384 e. The van der Waals surface area contributed by atoms with Gasteiger partial charge in [0.05, 0.1) is 6.10 Å². The van der Waals surface area contributed by atoms with E-state index < -0.39 is 0 Å². The van der Waals surface area contributed by atoms with Gasteiger partial charge in [0.15, 0.2) is 0 Å². The molecule has 5 heteroatoms. The molecule has 1 aliphatic heterocycles. The van der Waals surface area contributed by atoms with E-state index in [0.29, 0.717) is 17.9 Å². The fourth-order valence-electron chi connectivity index (χ4n) is 1.88. The van der Waals surface area contributed by atoms with Crippen LogP contribution < -0.4 is 10.6 Å². The molecule has 2 heterocycles. The summed E-state index contributed by atoms with van der Waals surface area (Å²) in [5, 5.41) is 0. The van der Waals surface area contributed by atoms with E-state index >= 15 is 0 Å². The van der Waals surface area contributed by atoms with Crippen LogP contribution in [0.4, 0.5) is 11.8 Å². The Labute approximate surface area is 95.6 Å². The maximum atomic E-state index is 5.67. The summed E-state index contributed by atoms with van der Waals surface area (Å²) < 4.78 is 5.67. The highest BCUT2D eigenvalue weighted by Gasteiger charge is 2.17. The fourth-order valence-corrected chi connectivity index (χ4v) is 1.88. The molecule has 0 spiro atoms. The number of rotatable bonds is 3. The zero-order valence-electron chi connectivity index (χ0n) is 9.59. The maximum Gasteiger partial charge on any atom is 0.227 e. The molecule has 0 saturated carbocycles. The summed E-state index contributed by atoms with van der Waals surface area (Å²) in [6.45, 7) is 1.69. The Kier molecular flexibility index (Phi) is 3.56. The van der Waals surface area contributed by atoms with Crippen molar-refractivity contribution in [3.05, 3.63) is 12.3 Å². The van der Waals surface area contributed by atoms with E-state index in [1.54, 1.807) is 12.3 Å². The van der Waals surface area contributed by atoms with Crippen LogP contribution in [0.3, 0.4) is 0 Å². The molecule has 0 aliphatic carbocycles. The van der Waals surface area contributed by atoms with Gasteiger partial charge in [0.1, 0.15) is 5.82 Å². The lowest BCUT2D eigenvalue weighted by molar-refractivity contribution is 0.0214. The van der Waals surface area contributed by atoms with Crippen LogP contribution in [-0.4, -0.2) is 36.3 Å². The number of nitrogen functional groups attached to an aromatic ring is 1. The second kappa shape index (κ2) is 5.12. The predicted octanol–water partition coefficient (Wildman–Crippen LogP) is 1.06. The third kappa shape index (κ3) is 2.82. The largest absolute Gasteiger partial charge is 0.384 e. The molecule has 1 saturated heterocycles. The summed E-state index contributed by atoms with van der Waals surface area (Å²) >= 11 is 0. The highest BCUT2D eigenvalue weighted by molar-refractivity contribution is 5.36. The van der Waals surface area contributed by atoms with Gasteiger partial charge in [-0.15, -0.1) is 0 Å². The predicted molar refractivity (Wildman–Crippen MR) is 63.3 cm³/mol. The molecule has 1 aromatic heterocycles. The molecular weight excluding hydrogens is 204 g/mol. The molecule has 0 bridgehead atoms. The number of nitrogens with two attached hydrogens (primary N) is 1. The number of hydrogen-bond donors (Lipinski definition) is 1. The van der Waals surface area contributed by atoms with Gasteiger partial charge in [0, 0.05) is 26.4 Å². The molecule has 5 nitrogen and oxygen atoms in total. The quantitative estimate of drug-likeness (QED) is 0.828. The first-order chi connectivity index (χ1) is 7.75.